The van der Waals surface area contributed by atoms with Crippen LogP contribution >= 0.6 is 24.0 Å². The molecule has 0 amide bonds. The lowest BCUT2D eigenvalue weighted by Gasteiger charge is -2.14. The lowest BCUT2D eigenvalue weighted by molar-refractivity contribution is 0.136. The van der Waals surface area contributed by atoms with Gasteiger partial charge in [0.05, 0.1) is 6.10 Å². The summed E-state index contributed by atoms with van der Waals surface area (Å²) in [7, 11) is 0. The first-order chi connectivity index (χ1) is 7.77. The molecule has 3 N–H and O–H groups in total. The fourth-order valence-corrected chi connectivity index (χ4v) is 1.95. The highest BCUT2D eigenvalue weighted by Gasteiger charge is 2.24. The Morgan fingerprint density at radius 1 is 1.47 bits per heavy atom. The molecule has 0 radical (unpaired) electrons. The van der Waals surface area contributed by atoms with Crippen LogP contribution in [0.1, 0.15) is 26.2 Å². The predicted molar refractivity (Wildman–Crippen MR) is 82.9 cm³/mol. The summed E-state index contributed by atoms with van der Waals surface area (Å²) in [5, 5.41) is 16.0. The lowest BCUT2D eigenvalue weighted by atomic mass is 10.1. The second-order valence-corrected chi connectivity index (χ2v) is 4.15. The maximum absolute atomic E-state index is 9.68. The highest BCUT2D eigenvalue weighted by atomic mass is 127. The molecule has 2 unspecified atom stereocenters. The second-order valence-electron chi connectivity index (χ2n) is 4.15. The van der Waals surface area contributed by atoms with Gasteiger partial charge in [-0.2, -0.15) is 0 Å². The molecule has 1 rings (SSSR count). The van der Waals surface area contributed by atoms with E-state index < -0.39 is 0 Å². The van der Waals surface area contributed by atoms with Crippen molar-refractivity contribution in [1.82, 2.24) is 10.6 Å². The molecule has 1 aliphatic rings. The Kier molecular flexibility index (Phi) is 9.53. The predicted octanol–water partition coefficient (Wildman–Crippen LogP) is 1.51. The van der Waals surface area contributed by atoms with Crippen molar-refractivity contribution in [3.8, 4) is 0 Å². The summed E-state index contributed by atoms with van der Waals surface area (Å²) in [5.41, 5.74) is 0. The quantitative estimate of drug-likeness (QED) is 0.304. The van der Waals surface area contributed by atoms with E-state index in [4.69, 9.17) is 0 Å². The molecule has 0 spiro atoms. The van der Waals surface area contributed by atoms with E-state index in [-0.39, 0.29) is 30.1 Å². The number of aliphatic hydroxyl groups is 1. The average molecular weight is 353 g/mol. The molecule has 0 aromatic carbocycles. The average Bonchev–Trinajstić information content (AvgIpc) is 2.68. The van der Waals surface area contributed by atoms with Gasteiger partial charge in [-0.1, -0.05) is 12.5 Å². The van der Waals surface area contributed by atoms with Crippen molar-refractivity contribution in [2.45, 2.75) is 32.3 Å². The number of hydrogen-bond acceptors (Lipinski definition) is 2. The van der Waals surface area contributed by atoms with Crippen LogP contribution in [0.3, 0.4) is 0 Å². The topological polar surface area (TPSA) is 56.7 Å². The third-order valence-corrected chi connectivity index (χ3v) is 2.86. The highest BCUT2D eigenvalue weighted by Crippen LogP contribution is 2.25. The van der Waals surface area contributed by atoms with Gasteiger partial charge in [0.25, 0.3) is 0 Å². The molecule has 1 saturated carbocycles. The number of guanidine groups is 1. The Morgan fingerprint density at radius 3 is 2.76 bits per heavy atom. The monoisotopic (exact) mass is 353 g/mol. The summed E-state index contributed by atoms with van der Waals surface area (Å²) in [6, 6.07) is 0. The van der Waals surface area contributed by atoms with E-state index in [2.05, 4.69) is 22.2 Å². The van der Waals surface area contributed by atoms with Gasteiger partial charge < -0.3 is 15.7 Å². The summed E-state index contributed by atoms with van der Waals surface area (Å²) < 4.78 is 0. The normalized spacial score (nSPS) is 24.0. The van der Waals surface area contributed by atoms with E-state index in [1.54, 1.807) is 6.08 Å². The zero-order valence-corrected chi connectivity index (χ0v) is 12.8. The van der Waals surface area contributed by atoms with E-state index in [9.17, 15) is 5.11 Å². The van der Waals surface area contributed by atoms with Gasteiger partial charge in [-0.05, 0) is 19.8 Å². The molecule has 4 nitrogen and oxygen atoms in total. The van der Waals surface area contributed by atoms with Crippen molar-refractivity contribution >= 4 is 29.9 Å². The molecule has 0 aliphatic heterocycles. The molecule has 5 heteroatoms. The first kappa shape index (κ1) is 16.7. The lowest BCUT2D eigenvalue weighted by Crippen LogP contribution is -2.37. The van der Waals surface area contributed by atoms with E-state index in [1.807, 2.05) is 6.92 Å². The molecule has 1 aliphatic carbocycles. The van der Waals surface area contributed by atoms with Crippen LogP contribution < -0.4 is 10.6 Å². The third-order valence-electron chi connectivity index (χ3n) is 2.86. The number of aliphatic hydroxyl groups excluding tert-OH is 1. The number of aliphatic imine (C=N–C) groups is 1. The molecular weight excluding hydrogens is 329 g/mol. The second kappa shape index (κ2) is 9.70. The molecule has 100 valence electrons. The summed E-state index contributed by atoms with van der Waals surface area (Å²) in [6.07, 6.45) is 4.78. The van der Waals surface area contributed by atoms with Crippen molar-refractivity contribution in [2.24, 2.45) is 10.9 Å². The molecule has 2 atom stereocenters. The van der Waals surface area contributed by atoms with Gasteiger partial charge in [0.2, 0.25) is 0 Å². The molecule has 0 aromatic heterocycles. The summed E-state index contributed by atoms with van der Waals surface area (Å²) in [6.45, 7) is 7.95. The van der Waals surface area contributed by atoms with Crippen LogP contribution in [-0.4, -0.2) is 36.8 Å². The van der Waals surface area contributed by atoms with E-state index in [0.29, 0.717) is 19.0 Å². The fraction of sp³-hybridized carbons (Fsp3) is 0.750. The van der Waals surface area contributed by atoms with Gasteiger partial charge >= 0.3 is 0 Å². The molecule has 17 heavy (non-hydrogen) atoms. The van der Waals surface area contributed by atoms with E-state index >= 15 is 0 Å². The minimum Gasteiger partial charge on any atom is -0.393 e. The van der Waals surface area contributed by atoms with Crippen LogP contribution in [0.15, 0.2) is 17.6 Å². The summed E-state index contributed by atoms with van der Waals surface area (Å²) in [4.78, 5) is 4.47. The maximum Gasteiger partial charge on any atom is 0.191 e. The van der Waals surface area contributed by atoms with Gasteiger partial charge in [-0.15, -0.1) is 30.6 Å². The highest BCUT2D eigenvalue weighted by molar-refractivity contribution is 14.0. The number of nitrogens with zero attached hydrogens (tertiary/aromatic N) is 1. The van der Waals surface area contributed by atoms with Crippen molar-refractivity contribution in [1.29, 1.82) is 0 Å². The first-order valence-corrected chi connectivity index (χ1v) is 6.09. The molecular formula is C12H24IN3O. The molecule has 0 aromatic rings. The number of nitrogens with one attached hydrogen (secondary N) is 2. The fourth-order valence-electron chi connectivity index (χ4n) is 1.95. The van der Waals surface area contributed by atoms with Gasteiger partial charge in [0.1, 0.15) is 0 Å². The molecule has 0 bridgehead atoms. The van der Waals surface area contributed by atoms with Crippen LogP contribution in [0.5, 0.6) is 0 Å². The van der Waals surface area contributed by atoms with Gasteiger partial charge in [0.15, 0.2) is 5.96 Å². The van der Waals surface area contributed by atoms with Crippen LogP contribution in [0.25, 0.3) is 0 Å². The molecule has 0 saturated heterocycles. The van der Waals surface area contributed by atoms with Crippen molar-refractivity contribution in [2.75, 3.05) is 19.6 Å². The summed E-state index contributed by atoms with van der Waals surface area (Å²) in [5.74, 6) is 1.14. The van der Waals surface area contributed by atoms with E-state index in [1.165, 1.54) is 0 Å². The Bertz CT molecular complexity index is 246. The molecule has 0 heterocycles. The van der Waals surface area contributed by atoms with E-state index in [0.717, 1.165) is 31.8 Å². The van der Waals surface area contributed by atoms with Crippen LogP contribution in [0, 0.1) is 5.92 Å². The van der Waals surface area contributed by atoms with Gasteiger partial charge in [-0.25, -0.2) is 0 Å². The smallest absolute Gasteiger partial charge is 0.191 e. The number of rotatable bonds is 5. The van der Waals surface area contributed by atoms with Crippen molar-refractivity contribution in [3.05, 3.63) is 12.7 Å². The first-order valence-electron chi connectivity index (χ1n) is 6.09. The zero-order valence-electron chi connectivity index (χ0n) is 10.5. The third kappa shape index (κ3) is 6.26. The Hall–Kier alpha value is -0.300. The van der Waals surface area contributed by atoms with Crippen LogP contribution in [0.2, 0.25) is 0 Å². The van der Waals surface area contributed by atoms with Crippen molar-refractivity contribution in [3.63, 3.8) is 0 Å². The maximum atomic E-state index is 9.68. The Morgan fingerprint density at radius 2 is 2.24 bits per heavy atom. The standard InChI is InChI=1S/C12H23N3O.HI/c1-3-8-14-12(13-4-2)15-9-10-6-5-7-11(10)16;/h3,10-11,16H,1,4-9H2,2H3,(H2,13,14,15);1H. The van der Waals surface area contributed by atoms with Gasteiger partial charge in [0, 0.05) is 25.6 Å². The Labute approximate surface area is 121 Å². The van der Waals surface area contributed by atoms with Crippen LogP contribution in [-0.2, 0) is 0 Å². The molecule has 1 fully saturated rings. The van der Waals surface area contributed by atoms with Crippen LogP contribution in [0.4, 0.5) is 0 Å². The number of halogens is 1. The van der Waals surface area contributed by atoms with Gasteiger partial charge in [-0.3, -0.25) is 4.99 Å². The SMILES string of the molecule is C=CCNC(=NCC1CCCC1O)NCC.I. The zero-order chi connectivity index (χ0) is 11.8. The van der Waals surface area contributed by atoms with Crippen molar-refractivity contribution < 1.29 is 5.11 Å². The minimum absolute atomic E-state index is 0. The summed E-state index contributed by atoms with van der Waals surface area (Å²) >= 11 is 0. The largest absolute Gasteiger partial charge is 0.393 e. The minimum atomic E-state index is -0.161. The number of hydrogen-bond donors (Lipinski definition) is 3. The Balaban J connectivity index is 0.00000256.